The van der Waals surface area contributed by atoms with Crippen molar-refractivity contribution in [1.82, 2.24) is 0 Å². The lowest BCUT2D eigenvalue weighted by Gasteiger charge is -2.02. The minimum Gasteiger partial charge on any atom is -0.368 e. The van der Waals surface area contributed by atoms with Gasteiger partial charge in [0.05, 0.1) is 0 Å². The summed E-state index contributed by atoms with van der Waals surface area (Å²) in [7, 11) is 0. The van der Waals surface area contributed by atoms with Gasteiger partial charge in [0.1, 0.15) is 5.82 Å². The van der Waals surface area contributed by atoms with Crippen LogP contribution in [0, 0.1) is 5.82 Å². The molecule has 1 aromatic carbocycles. The monoisotopic (exact) mass is 170 g/mol. The maximum absolute atomic E-state index is 12.4. The van der Waals surface area contributed by atoms with Crippen molar-refractivity contribution in [2.45, 2.75) is 19.1 Å². The normalized spacial score (nSPS) is 10.7. The van der Waals surface area contributed by atoms with Gasteiger partial charge in [0, 0.05) is 6.42 Å². The predicted octanol–water partition coefficient (Wildman–Crippen LogP) is 1.07. The Labute approximate surface area is 70.3 Å². The van der Waals surface area contributed by atoms with Crippen LogP contribution in [0.3, 0.4) is 0 Å². The highest BCUT2D eigenvalue weighted by molar-refractivity contribution is 5.15. The van der Waals surface area contributed by atoms with Crippen LogP contribution >= 0.6 is 0 Å². The van der Waals surface area contributed by atoms with E-state index in [4.69, 9.17) is 10.2 Å². The van der Waals surface area contributed by atoms with E-state index in [-0.39, 0.29) is 12.2 Å². The van der Waals surface area contributed by atoms with Gasteiger partial charge in [-0.15, -0.1) is 0 Å². The van der Waals surface area contributed by atoms with Crippen molar-refractivity contribution >= 4 is 0 Å². The third-order valence-corrected chi connectivity index (χ3v) is 1.60. The van der Waals surface area contributed by atoms with E-state index in [0.717, 1.165) is 5.56 Å². The molecule has 0 aliphatic carbocycles. The number of aliphatic hydroxyl groups excluding tert-OH is 1. The van der Waals surface area contributed by atoms with Crippen molar-refractivity contribution in [2.75, 3.05) is 0 Å². The molecule has 12 heavy (non-hydrogen) atoms. The molecule has 1 aromatic rings. The second-order valence-electron chi connectivity index (χ2n) is 2.65. The summed E-state index contributed by atoms with van der Waals surface area (Å²) >= 11 is 0. The SMILES string of the molecule is OC(O)CCc1ccc(F)cc1. The van der Waals surface area contributed by atoms with Crippen molar-refractivity contribution in [1.29, 1.82) is 0 Å². The van der Waals surface area contributed by atoms with E-state index in [1.54, 1.807) is 12.1 Å². The van der Waals surface area contributed by atoms with E-state index in [0.29, 0.717) is 6.42 Å². The van der Waals surface area contributed by atoms with Crippen LogP contribution in [0.1, 0.15) is 12.0 Å². The average molecular weight is 170 g/mol. The van der Waals surface area contributed by atoms with Crippen molar-refractivity contribution in [3.63, 3.8) is 0 Å². The number of rotatable bonds is 3. The molecule has 0 fully saturated rings. The number of hydrogen-bond donors (Lipinski definition) is 2. The van der Waals surface area contributed by atoms with E-state index in [1.807, 2.05) is 0 Å². The number of hydrogen-bond acceptors (Lipinski definition) is 2. The van der Waals surface area contributed by atoms with E-state index in [9.17, 15) is 4.39 Å². The molecule has 0 heterocycles. The molecule has 0 saturated carbocycles. The second-order valence-corrected chi connectivity index (χ2v) is 2.65. The van der Waals surface area contributed by atoms with Crippen LogP contribution in [0.25, 0.3) is 0 Å². The Balaban J connectivity index is 2.48. The predicted molar refractivity (Wildman–Crippen MR) is 42.9 cm³/mol. The fourth-order valence-corrected chi connectivity index (χ4v) is 0.947. The zero-order valence-corrected chi connectivity index (χ0v) is 6.57. The van der Waals surface area contributed by atoms with Gasteiger partial charge in [-0.3, -0.25) is 0 Å². The standard InChI is InChI=1S/C9H11FO2/c10-8-4-1-7(2-5-8)3-6-9(11)12/h1-2,4-5,9,11-12H,3,6H2. The molecule has 0 aliphatic rings. The summed E-state index contributed by atoms with van der Waals surface area (Å²) in [5, 5.41) is 17.1. The Morgan fingerprint density at radius 2 is 1.75 bits per heavy atom. The first-order valence-electron chi connectivity index (χ1n) is 3.79. The summed E-state index contributed by atoms with van der Waals surface area (Å²) in [5.74, 6) is -0.275. The van der Waals surface area contributed by atoms with Crippen LogP contribution < -0.4 is 0 Å². The largest absolute Gasteiger partial charge is 0.368 e. The highest BCUT2D eigenvalue weighted by atomic mass is 19.1. The third kappa shape index (κ3) is 2.98. The Bertz CT molecular complexity index is 231. The minimum absolute atomic E-state index is 0.275. The molecule has 0 aromatic heterocycles. The summed E-state index contributed by atoms with van der Waals surface area (Å²) in [6.45, 7) is 0. The third-order valence-electron chi connectivity index (χ3n) is 1.60. The van der Waals surface area contributed by atoms with Crippen LogP contribution in [0.5, 0.6) is 0 Å². The Kier molecular flexibility index (Phi) is 3.19. The molecule has 0 atom stereocenters. The fraction of sp³-hybridized carbons (Fsp3) is 0.333. The van der Waals surface area contributed by atoms with Crippen molar-refractivity contribution in [3.8, 4) is 0 Å². The Hall–Kier alpha value is -0.930. The van der Waals surface area contributed by atoms with E-state index < -0.39 is 6.29 Å². The number of aliphatic hydroxyl groups is 2. The molecule has 1 rings (SSSR count). The summed E-state index contributed by atoms with van der Waals surface area (Å²) in [6, 6.07) is 5.99. The molecule has 2 nitrogen and oxygen atoms in total. The second kappa shape index (κ2) is 4.18. The summed E-state index contributed by atoms with van der Waals surface area (Å²) < 4.78 is 12.4. The molecule has 0 bridgehead atoms. The van der Waals surface area contributed by atoms with Gasteiger partial charge in [-0.25, -0.2) is 4.39 Å². The topological polar surface area (TPSA) is 40.5 Å². The Morgan fingerprint density at radius 3 is 2.25 bits per heavy atom. The van der Waals surface area contributed by atoms with Crippen LogP contribution in [0.4, 0.5) is 4.39 Å². The van der Waals surface area contributed by atoms with Crippen molar-refractivity contribution in [2.24, 2.45) is 0 Å². The smallest absolute Gasteiger partial charge is 0.151 e. The van der Waals surface area contributed by atoms with Crippen LogP contribution in [0.2, 0.25) is 0 Å². The van der Waals surface area contributed by atoms with Gasteiger partial charge in [-0.2, -0.15) is 0 Å². The van der Waals surface area contributed by atoms with E-state index in [2.05, 4.69) is 0 Å². The first-order valence-corrected chi connectivity index (χ1v) is 3.79. The van der Waals surface area contributed by atoms with Gasteiger partial charge in [0.25, 0.3) is 0 Å². The quantitative estimate of drug-likeness (QED) is 0.666. The van der Waals surface area contributed by atoms with Crippen LogP contribution in [-0.4, -0.2) is 16.5 Å². The summed E-state index contributed by atoms with van der Waals surface area (Å²) in [4.78, 5) is 0. The Morgan fingerprint density at radius 1 is 1.17 bits per heavy atom. The van der Waals surface area contributed by atoms with Gasteiger partial charge < -0.3 is 10.2 Å². The molecule has 66 valence electrons. The molecule has 0 saturated heterocycles. The summed E-state index contributed by atoms with van der Waals surface area (Å²) in [5.41, 5.74) is 0.907. The van der Waals surface area contributed by atoms with Crippen LogP contribution in [0.15, 0.2) is 24.3 Å². The molecule has 3 heteroatoms. The zero-order chi connectivity index (χ0) is 8.97. The lowest BCUT2D eigenvalue weighted by Crippen LogP contribution is -2.05. The lowest BCUT2D eigenvalue weighted by molar-refractivity contribution is -0.0446. The molecule has 0 aliphatic heterocycles. The highest BCUT2D eigenvalue weighted by Gasteiger charge is 1.98. The minimum atomic E-state index is -1.28. The molecular formula is C9H11FO2. The number of benzene rings is 1. The molecule has 0 radical (unpaired) electrons. The van der Waals surface area contributed by atoms with Crippen LogP contribution in [-0.2, 0) is 6.42 Å². The first kappa shape index (κ1) is 9.16. The van der Waals surface area contributed by atoms with Crippen molar-refractivity contribution in [3.05, 3.63) is 35.6 Å². The first-order chi connectivity index (χ1) is 5.68. The molecule has 0 spiro atoms. The molecule has 0 amide bonds. The maximum atomic E-state index is 12.4. The average Bonchev–Trinajstić information content (AvgIpc) is 2.03. The number of halogens is 1. The fourth-order valence-electron chi connectivity index (χ4n) is 0.947. The molecule has 0 unspecified atom stereocenters. The highest BCUT2D eigenvalue weighted by Crippen LogP contribution is 2.05. The maximum Gasteiger partial charge on any atom is 0.151 e. The van der Waals surface area contributed by atoms with Gasteiger partial charge in [0.15, 0.2) is 6.29 Å². The zero-order valence-electron chi connectivity index (χ0n) is 6.57. The van der Waals surface area contributed by atoms with Gasteiger partial charge in [-0.1, -0.05) is 12.1 Å². The molecule has 2 N–H and O–H groups in total. The van der Waals surface area contributed by atoms with Gasteiger partial charge in [0.2, 0.25) is 0 Å². The van der Waals surface area contributed by atoms with E-state index >= 15 is 0 Å². The molecular weight excluding hydrogens is 159 g/mol. The van der Waals surface area contributed by atoms with Crippen molar-refractivity contribution < 1.29 is 14.6 Å². The van der Waals surface area contributed by atoms with Gasteiger partial charge in [-0.05, 0) is 24.1 Å². The number of aryl methyl sites for hydroxylation is 1. The summed E-state index contributed by atoms with van der Waals surface area (Å²) in [6.07, 6.45) is -0.445. The van der Waals surface area contributed by atoms with E-state index in [1.165, 1.54) is 12.1 Å². The lowest BCUT2D eigenvalue weighted by atomic mass is 10.1. The van der Waals surface area contributed by atoms with Gasteiger partial charge >= 0.3 is 0 Å².